The molecule has 0 radical (unpaired) electrons. The molecular formula is C17H20O. The van der Waals surface area contributed by atoms with Gasteiger partial charge in [-0.25, -0.2) is 0 Å². The zero-order valence-corrected chi connectivity index (χ0v) is 11.1. The Morgan fingerprint density at radius 3 is 2.39 bits per heavy atom. The van der Waals surface area contributed by atoms with Crippen LogP contribution in [0.3, 0.4) is 0 Å². The lowest BCUT2D eigenvalue weighted by molar-refractivity contribution is 0.168. The number of hydrogen-bond acceptors (Lipinski definition) is 1. The van der Waals surface area contributed by atoms with Crippen LogP contribution in [0.1, 0.15) is 34.8 Å². The van der Waals surface area contributed by atoms with Gasteiger partial charge in [0.05, 0.1) is 6.10 Å². The summed E-state index contributed by atoms with van der Waals surface area (Å²) in [4.78, 5) is 0. The van der Waals surface area contributed by atoms with E-state index in [2.05, 4.69) is 32.0 Å². The Morgan fingerprint density at radius 1 is 0.944 bits per heavy atom. The summed E-state index contributed by atoms with van der Waals surface area (Å²) in [5.74, 6) is 0. The molecule has 1 unspecified atom stereocenters. The summed E-state index contributed by atoms with van der Waals surface area (Å²) in [5, 5.41) is 10.1. The van der Waals surface area contributed by atoms with Crippen LogP contribution >= 0.6 is 0 Å². The van der Waals surface area contributed by atoms with Crippen molar-refractivity contribution in [3.63, 3.8) is 0 Å². The zero-order valence-electron chi connectivity index (χ0n) is 11.1. The number of benzene rings is 2. The molecule has 0 aliphatic rings. The van der Waals surface area contributed by atoms with Gasteiger partial charge in [0.2, 0.25) is 0 Å². The van der Waals surface area contributed by atoms with Crippen LogP contribution in [0.5, 0.6) is 0 Å². The molecule has 2 aromatic carbocycles. The largest absolute Gasteiger partial charge is 0.388 e. The highest BCUT2D eigenvalue weighted by Crippen LogP contribution is 2.21. The van der Waals surface area contributed by atoms with Crippen LogP contribution in [0.2, 0.25) is 0 Å². The smallest absolute Gasteiger partial charge is 0.0793 e. The molecule has 0 amide bonds. The van der Waals surface area contributed by atoms with Crippen LogP contribution in [0.25, 0.3) is 0 Å². The Balaban J connectivity index is 2.02. The van der Waals surface area contributed by atoms with E-state index in [0.29, 0.717) is 0 Å². The number of aliphatic hydroxyl groups excluding tert-OH is 1. The van der Waals surface area contributed by atoms with Crippen molar-refractivity contribution in [2.75, 3.05) is 0 Å². The van der Waals surface area contributed by atoms with Crippen molar-refractivity contribution in [1.29, 1.82) is 0 Å². The summed E-state index contributed by atoms with van der Waals surface area (Å²) in [6, 6.07) is 16.2. The van der Waals surface area contributed by atoms with Crippen LogP contribution < -0.4 is 0 Å². The van der Waals surface area contributed by atoms with Crippen molar-refractivity contribution >= 4 is 0 Å². The molecule has 2 aromatic rings. The van der Waals surface area contributed by atoms with Gasteiger partial charge in [0.25, 0.3) is 0 Å². The predicted molar refractivity (Wildman–Crippen MR) is 75.6 cm³/mol. The molecule has 0 aliphatic heterocycles. The molecular weight excluding hydrogens is 220 g/mol. The highest BCUT2D eigenvalue weighted by atomic mass is 16.3. The summed E-state index contributed by atoms with van der Waals surface area (Å²) >= 11 is 0. The van der Waals surface area contributed by atoms with E-state index >= 15 is 0 Å². The Labute approximate surface area is 109 Å². The standard InChI is InChI=1S/C17H20O/c1-13-7-6-10-15(14(13)2)11-12-17(18)16-8-4-3-5-9-16/h3-10,17-18H,11-12H2,1-2H3. The van der Waals surface area contributed by atoms with Crippen molar-refractivity contribution in [2.45, 2.75) is 32.8 Å². The fraction of sp³-hybridized carbons (Fsp3) is 0.294. The van der Waals surface area contributed by atoms with Gasteiger partial charge in [-0.1, -0.05) is 48.5 Å². The average Bonchev–Trinajstić information content (AvgIpc) is 2.41. The van der Waals surface area contributed by atoms with Crippen molar-refractivity contribution in [1.82, 2.24) is 0 Å². The van der Waals surface area contributed by atoms with Gasteiger partial charge in [-0.15, -0.1) is 0 Å². The fourth-order valence-corrected chi connectivity index (χ4v) is 2.22. The van der Waals surface area contributed by atoms with Crippen LogP contribution in [0, 0.1) is 13.8 Å². The second-order valence-corrected chi connectivity index (χ2v) is 4.82. The Hall–Kier alpha value is -1.60. The first-order valence-electron chi connectivity index (χ1n) is 6.46. The van der Waals surface area contributed by atoms with Gasteiger partial charge in [0, 0.05) is 0 Å². The highest BCUT2D eigenvalue weighted by molar-refractivity contribution is 5.33. The summed E-state index contributed by atoms with van der Waals surface area (Å²) in [7, 11) is 0. The minimum absolute atomic E-state index is 0.369. The molecule has 0 spiro atoms. The summed E-state index contributed by atoms with van der Waals surface area (Å²) in [6.07, 6.45) is 1.32. The molecule has 1 heteroatoms. The summed E-state index contributed by atoms with van der Waals surface area (Å²) in [6.45, 7) is 4.28. The predicted octanol–water partition coefficient (Wildman–Crippen LogP) is 3.97. The number of aliphatic hydroxyl groups is 1. The molecule has 94 valence electrons. The first kappa shape index (κ1) is 12.8. The molecule has 0 bridgehead atoms. The van der Waals surface area contributed by atoms with Gasteiger partial charge in [-0.3, -0.25) is 0 Å². The molecule has 0 aliphatic carbocycles. The second-order valence-electron chi connectivity index (χ2n) is 4.82. The molecule has 1 atom stereocenters. The van der Waals surface area contributed by atoms with E-state index < -0.39 is 0 Å². The van der Waals surface area contributed by atoms with Crippen LogP contribution in [0.4, 0.5) is 0 Å². The van der Waals surface area contributed by atoms with Gasteiger partial charge in [0.15, 0.2) is 0 Å². The molecule has 0 saturated carbocycles. The first-order valence-corrected chi connectivity index (χ1v) is 6.46. The second kappa shape index (κ2) is 5.83. The maximum Gasteiger partial charge on any atom is 0.0793 e. The molecule has 1 nitrogen and oxygen atoms in total. The summed E-state index contributed by atoms with van der Waals surface area (Å²) < 4.78 is 0. The molecule has 0 saturated heterocycles. The van der Waals surface area contributed by atoms with E-state index in [9.17, 15) is 5.11 Å². The van der Waals surface area contributed by atoms with Gasteiger partial charge < -0.3 is 5.11 Å². The lowest BCUT2D eigenvalue weighted by Crippen LogP contribution is -2.01. The molecule has 2 rings (SSSR count). The van der Waals surface area contributed by atoms with Crippen molar-refractivity contribution in [3.05, 3.63) is 70.8 Å². The number of aryl methyl sites for hydroxylation is 2. The lowest BCUT2D eigenvalue weighted by Gasteiger charge is -2.13. The van der Waals surface area contributed by atoms with Crippen molar-refractivity contribution < 1.29 is 5.11 Å². The van der Waals surface area contributed by atoms with Crippen molar-refractivity contribution in [3.8, 4) is 0 Å². The quantitative estimate of drug-likeness (QED) is 0.857. The van der Waals surface area contributed by atoms with E-state index in [1.54, 1.807) is 0 Å². The molecule has 0 fully saturated rings. The number of rotatable bonds is 4. The summed E-state index contributed by atoms with van der Waals surface area (Å²) in [5.41, 5.74) is 5.01. The molecule has 1 N–H and O–H groups in total. The van der Waals surface area contributed by atoms with Crippen LogP contribution in [0.15, 0.2) is 48.5 Å². The third-order valence-corrected chi connectivity index (χ3v) is 3.59. The SMILES string of the molecule is Cc1cccc(CCC(O)c2ccccc2)c1C. The van der Waals surface area contributed by atoms with Gasteiger partial charge in [0.1, 0.15) is 0 Å². The fourth-order valence-electron chi connectivity index (χ4n) is 2.22. The Morgan fingerprint density at radius 2 is 1.67 bits per heavy atom. The normalized spacial score (nSPS) is 12.4. The van der Waals surface area contributed by atoms with Gasteiger partial charge in [-0.2, -0.15) is 0 Å². The van der Waals surface area contributed by atoms with Gasteiger partial charge >= 0.3 is 0 Å². The maximum absolute atomic E-state index is 10.1. The maximum atomic E-state index is 10.1. The molecule has 18 heavy (non-hydrogen) atoms. The van der Waals surface area contributed by atoms with Crippen LogP contribution in [-0.2, 0) is 6.42 Å². The zero-order chi connectivity index (χ0) is 13.0. The minimum atomic E-state index is -0.369. The monoisotopic (exact) mass is 240 g/mol. The first-order chi connectivity index (χ1) is 8.68. The molecule has 0 heterocycles. The minimum Gasteiger partial charge on any atom is -0.388 e. The third-order valence-electron chi connectivity index (χ3n) is 3.59. The van der Waals surface area contributed by atoms with E-state index in [4.69, 9.17) is 0 Å². The Kier molecular flexibility index (Phi) is 4.16. The van der Waals surface area contributed by atoms with Crippen LogP contribution in [-0.4, -0.2) is 5.11 Å². The van der Waals surface area contributed by atoms with Gasteiger partial charge in [-0.05, 0) is 48.9 Å². The molecule has 0 aromatic heterocycles. The lowest BCUT2D eigenvalue weighted by atomic mass is 9.96. The third kappa shape index (κ3) is 2.99. The van der Waals surface area contributed by atoms with E-state index in [1.165, 1.54) is 16.7 Å². The van der Waals surface area contributed by atoms with E-state index in [0.717, 1.165) is 18.4 Å². The van der Waals surface area contributed by atoms with E-state index in [-0.39, 0.29) is 6.10 Å². The highest BCUT2D eigenvalue weighted by Gasteiger charge is 2.08. The average molecular weight is 240 g/mol. The Bertz CT molecular complexity index is 502. The van der Waals surface area contributed by atoms with Crippen molar-refractivity contribution in [2.24, 2.45) is 0 Å². The topological polar surface area (TPSA) is 20.2 Å². The number of hydrogen-bond donors (Lipinski definition) is 1. The van der Waals surface area contributed by atoms with E-state index in [1.807, 2.05) is 30.3 Å².